The molecule has 0 saturated heterocycles. The maximum Gasteiger partial charge on any atom is 0.365 e. The van der Waals surface area contributed by atoms with Crippen LogP contribution in [0.2, 0.25) is 0 Å². The molecule has 0 aliphatic heterocycles. The number of aromatic nitrogens is 1. The lowest BCUT2D eigenvalue weighted by atomic mass is 10.2. The zero-order valence-corrected chi connectivity index (χ0v) is 20.9. The second-order valence-electron chi connectivity index (χ2n) is 6.54. The van der Waals surface area contributed by atoms with E-state index in [9.17, 15) is 19.5 Å². The Morgan fingerprint density at radius 3 is 1.97 bits per heavy atom. The van der Waals surface area contributed by atoms with Crippen LogP contribution in [-0.2, 0) is 20.9 Å². The SMILES string of the molecule is O=C(COC(=O)c1ccc(O)[n+](CC(=O)Nc2ccccc2Br)c1)Nc1ccccc1Br.[Cl-]. The third-order valence-electron chi connectivity index (χ3n) is 4.18. The van der Waals surface area contributed by atoms with Crippen LogP contribution in [0, 0.1) is 0 Å². The van der Waals surface area contributed by atoms with Crippen LogP contribution in [0.25, 0.3) is 0 Å². The van der Waals surface area contributed by atoms with E-state index < -0.39 is 24.4 Å². The zero-order chi connectivity index (χ0) is 23.1. The van der Waals surface area contributed by atoms with E-state index in [0.29, 0.717) is 20.3 Å². The number of anilines is 2. The predicted molar refractivity (Wildman–Crippen MR) is 124 cm³/mol. The summed E-state index contributed by atoms with van der Waals surface area (Å²) >= 11 is 6.66. The number of amides is 2. The molecule has 11 heteroatoms. The van der Waals surface area contributed by atoms with Crippen LogP contribution < -0.4 is 27.6 Å². The number of ether oxygens (including phenoxy) is 1. The molecule has 0 spiro atoms. The average molecular weight is 600 g/mol. The van der Waals surface area contributed by atoms with E-state index in [-0.39, 0.29) is 30.4 Å². The van der Waals surface area contributed by atoms with E-state index >= 15 is 0 Å². The molecule has 2 aromatic carbocycles. The van der Waals surface area contributed by atoms with Crippen molar-refractivity contribution >= 4 is 61.0 Å². The van der Waals surface area contributed by atoms with Crippen molar-refractivity contribution in [2.45, 2.75) is 6.54 Å². The third-order valence-corrected chi connectivity index (χ3v) is 5.56. The van der Waals surface area contributed by atoms with Gasteiger partial charge < -0.3 is 32.9 Å². The lowest BCUT2D eigenvalue weighted by Crippen LogP contribution is -3.00. The monoisotopic (exact) mass is 597 g/mol. The van der Waals surface area contributed by atoms with Gasteiger partial charge in [-0.2, -0.15) is 4.57 Å². The van der Waals surface area contributed by atoms with E-state index in [1.807, 2.05) is 6.07 Å². The maximum atomic E-state index is 12.3. The number of benzene rings is 2. The topological polar surface area (TPSA) is 109 Å². The van der Waals surface area contributed by atoms with Crippen molar-refractivity contribution in [3.63, 3.8) is 0 Å². The van der Waals surface area contributed by atoms with Crippen LogP contribution >= 0.6 is 31.9 Å². The van der Waals surface area contributed by atoms with Crippen molar-refractivity contribution in [3.8, 4) is 5.88 Å². The number of esters is 1. The van der Waals surface area contributed by atoms with Gasteiger partial charge in [0.2, 0.25) is 6.54 Å². The Balaban J connectivity index is 0.00000385. The first-order chi connectivity index (χ1) is 15.3. The molecule has 0 unspecified atom stereocenters. The van der Waals surface area contributed by atoms with Gasteiger partial charge in [-0.05, 0) is 62.2 Å². The van der Waals surface area contributed by atoms with Crippen molar-refractivity contribution in [2.24, 2.45) is 0 Å². The molecule has 0 aliphatic carbocycles. The Morgan fingerprint density at radius 1 is 0.848 bits per heavy atom. The van der Waals surface area contributed by atoms with E-state index in [0.717, 1.165) is 0 Å². The number of nitrogens with one attached hydrogen (secondary N) is 2. The summed E-state index contributed by atoms with van der Waals surface area (Å²) in [7, 11) is 0. The molecule has 0 aliphatic rings. The predicted octanol–water partition coefficient (Wildman–Crippen LogP) is 0.643. The molecule has 0 saturated carbocycles. The number of halogens is 3. The van der Waals surface area contributed by atoms with Crippen molar-refractivity contribution in [1.82, 2.24) is 0 Å². The molecule has 1 heterocycles. The number of hydrogen-bond acceptors (Lipinski definition) is 5. The highest BCUT2D eigenvalue weighted by atomic mass is 79.9. The summed E-state index contributed by atoms with van der Waals surface area (Å²) in [5.41, 5.74) is 1.20. The van der Waals surface area contributed by atoms with Gasteiger partial charge in [0, 0.05) is 8.95 Å². The van der Waals surface area contributed by atoms with Gasteiger partial charge in [0.25, 0.3) is 11.8 Å². The van der Waals surface area contributed by atoms with Crippen LogP contribution in [0.1, 0.15) is 10.4 Å². The number of carbonyl (C=O) groups excluding carboxylic acids is 3. The highest BCUT2D eigenvalue weighted by Crippen LogP contribution is 2.22. The normalized spacial score (nSPS) is 10.0. The number of hydrogen-bond donors (Lipinski definition) is 3. The molecule has 3 aromatic rings. The molecule has 172 valence electrons. The molecule has 0 bridgehead atoms. The van der Waals surface area contributed by atoms with E-state index in [1.165, 1.54) is 22.9 Å². The Labute approximate surface area is 212 Å². The van der Waals surface area contributed by atoms with E-state index in [2.05, 4.69) is 42.5 Å². The molecule has 33 heavy (non-hydrogen) atoms. The van der Waals surface area contributed by atoms with Gasteiger partial charge in [0.1, 0.15) is 5.56 Å². The molecule has 2 amide bonds. The number of aromatic hydroxyl groups is 1. The van der Waals surface area contributed by atoms with Gasteiger partial charge in [-0.1, -0.05) is 24.3 Å². The standard InChI is InChI=1S/C22H17Br2N3O5.ClH/c23-15-5-1-3-7-17(15)25-19(28)12-27-11-14(9-10-21(27)30)22(31)32-13-20(29)26-18-8-4-2-6-16(18)24;/h1-11H,12-13H2,(H2,25,26,28,29);1H. The van der Waals surface area contributed by atoms with Crippen molar-refractivity contribution in [2.75, 3.05) is 17.2 Å². The molecular weight excluding hydrogens is 582 g/mol. The van der Waals surface area contributed by atoms with Crippen LogP contribution in [0.5, 0.6) is 5.88 Å². The van der Waals surface area contributed by atoms with Crippen LogP contribution in [-0.4, -0.2) is 29.5 Å². The summed E-state index contributed by atoms with van der Waals surface area (Å²) in [5.74, 6) is -1.90. The first-order valence-corrected chi connectivity index (χ1v) is 10.9. The molecular formula is C22H18Br2ClN3O5. The molecule has 0 radical (unpaired) electrons. The summed E-state index contributed by atoms with van der Waals surface area (Å²) in [6, 6.07) is 16.7. The number of nitrogens with zero attached hydrogens (tertiary/aromatic N) is 1. The van der Waals surface area contributed by atoms with Crippen molar-refractivity contribution in [3.05, 3.63) is 81.4 Å². The van der Waals surface area contributed by atoms with Crippen LogP contribution in [0.15, 0.2) is 75.8 Å². The minimum Gasteiger partial charge on any atom is -1.00 e. The summed E-state index contributed by atoms with van der Waals surface area (Å²) in [6.45, 7) is -0.736. The van der Waals surface area contributed by atoms with Crippen LogP contribution in [0.3, 0.4) is 0 Å². The van der Waals surface area contributed by atoms with Crippen molar-refractivity contribution < 1.29 is 41.2 Å². The Bertz CT molecular complexity index is 1180. The Morgan fingerprint density at radius 2 is 1.39 bits per heavy atom. The number of carbonyl (C=O) groups is 3. The highest BCUT2D eigenvalue weighted by Gasteiger charge is 2.20. The second-order valence-corrected chi connectivity index (χ2v) is 8.24. The van der Waals surface area contributed by atoms with Crippen LogP contribution in [0.4, 0.5) is 11.4 Å². The quantitative estimate of drug-likeness (QED) is 0.273. The number of para-hydroxylation sites is 2. The first-order valence-electron chi connectivity index (χ1n) is 9.32. The molecule has 0 fully saturated rings. The van der Waals surface area contributed by atoms with Gasteiger partial charge in [-0.25, -0.2) is 4.79 Å². The Kier molecular flexibility index (Phi) is 9.83. The van der Waals surface area contributed by atoms with Gasteiger partial charge in [-0.15, -0.1) is 0 Å². The summed E-state index contributed by atoms with van der Waals surface area (Å²) in [4.78, 5) is 36.7. The van der Waals surface area contributed by atoms with Gasteiger partial charge in [0.05, 0.1) is 17.4 Å². The van der Waals surface area contributed by atoms with Crippen molar-refractivity contribution in [1.29, 1.82) is 0 Å². The van der Waals surface area contributed by atoms with Gasteiger partial charge >= 0.3 is 11.8 Å². The largest absolute Gasteiger partial charge is 1.00 e. The molecule has 3 rings (SSSR count). The number of pyridine rings is 1. The van der Waals surface area contributed by atoms with E-state index in [4.69, 9.17) is 4.74 Å². The molecule has 1 aromatic heterocycles. The summed E-state index contributed by atoms with van der Waals surface area (Å²) in [6.07, 6.45) is 1.28. The minimum absolute atomic E-state index is 0. The zero-order valence-electron chi connectivity index (χ0n) is 16.9. The fourth-order valence-corrected chi connectivity index (χ4v) is 3.42. The average Bonchev–Trinajstić information content (AvgIpc) is 2.77. The van der Waals surface area contributed by atoms with Gasteiger partial charge in [0.15, 0.2) is 12.8 Å². The maximum absolute atomic E-state index is 12.3. The first kappa shape index (κ1) is 26.3. The number of rotatable bonds is 7. The highest BCUT2D eigenvalue weighted by molar-refractivity contribution is 9.11. The Hall–Kier alpha value is -2.95. The minimum atomic E-state index is -0.771. The summed E-state index contributed by atoms with van der Waals surface area (Å²) in [5, 5.41) is 15.4. The fourth-order valence-electron chi connectivity index (χ4n) is 2.65. The third kappa shape index (κ3) is 7.55. The lowest BCUT2D eigenvalue weighted by Gasteiger charge is -2.08. The molecule has 8 nitrogen and oxygen atoms in total. The molecule has 3 N–H and O–H groups in total. The second kappa shape index (κ2) is 12.3. The molecule has 0 atom stereocenters. The van der Waals surface area contributed by atoms with Gasteiger partial charge in [-0.3, -0.25) is 9.59 Å². The van der Waals surface area contributed by atoms with E-state index in [1.54, 1.807) is 42.5 Å². The summed E-state index contributed by atoms with van der Waals surface area (Å²) < 4.78 is 7.65. The fraction of sp³-hybridized carbons (Fsp3) is 0.0909. The lowest BCUT2D eigenvalue weighted by molar-refractivity contribution is -0.690. The smallest absolute Gasteiger partial charge is 0.365 e.